The predicted molar refractivity (Wildman–Crippen MR) is 127 cm³/mol. The number of carbonyl (C=O) groups excluding carboxylic acids is 2. The van der Waals surface area contributed by atoms with Gasteiger partial charge in [0.15, 0.2) is 11.6 Å². The first-order valence-electron chi connectivity index (χ1n) is 10.6. The quantitative estimate of drug-likeness (QED) is 0.524. The lowest BCUT2D eigenvalue weighted by atomic mass is 10.1. The fourth-order valence-corrected chi connectivity index (χ4v) is 3.26. The molecule has 0 aliphatic carbocycles. The second kappa shape index (κ2) is 9.68. The standard InChI is InChI=1S/C25H30N4O3/c1-25(2,3)32-24(31)27-21-9-7-6-8-18(21)10-15-22(30)23-26-16-17-29(23)20-13-11-19(12-14-20)28(4)5/h6-9,11-14,16-17H,10,15H2,1-5H3,(H,27,31). The third kappa shape index (κ3) is 5.97. The van der Waals surface area contributed by atoms with E-state index in [1.54, 1.807) is 23.0 Å². The molecule has 0 unspecified atom stereocenters. The van der Waals surface area contributed by atoms with Crippen molar-refractivity contribution >= 4 is 23.3 Å². The van der Waals surface area contributed by atoms with Crippen LogP contribution in [0.3, 0.4) is 0 Å². The van der Waals surface area contributed by atoms with Gasteiger partial charge in [-0.25, -0.2) is 9.78 Å². The zero-order valence-corrected chi connectivity index (χ0v) is 19.3. The van der Waals surface area contributed by atoms with Crippen LogP contribution in [0.15, 0.2) is 60.9 Å². The van der Waals surface area contributed by atoms with Gasteiger partial charge in [0.25, 0.3) is 0 Å². The molecule has 7 nitrogen and oxygen atoms in total. The third-order valence-electron chi connectivity index (χ3n) is 4.81. The second-order valence-electron chi connectivity index (χ2n) is 8.74. The molecule has 7 heteroatoms. The van der Waals surface area contributed by atoms with Crippen molar-refractivity contribution in [2.75, 3.05) is 24.3 Å². The summed E-state index contributed by atoms with van der Waals surface area (Å²) in [5.74, 6) is 0.318. The summed E-state index contributed by atoms with van der Waals surface area (Å²) in [7, 11) is 3.97. The van der Waals surface area contributed by atoms with Gasteiger partial charge < -0.3 is 9.64 Å². The Labute approximate surface area is 189 Å². The Bertz CT molecular complexity index is 1080. The third-order valence-corrected chi connectivity index (χ3v) is 4.81. The van der Waals surface area contributed by atoms with Crippen molar-refractivity contribution in [1.29, 1.82) is 0 Å². The molecule has 1 aromatic heterocycles. The van der Waals surface area contributed by atoms with Gasteiger partial charge in [-0.3, -0.25) is 14.7 Å². The Morgan fingerprint density at radius 1 is 1.06 bits per heavy atom. The van der Waals surface area contributed by atoms with Crippen molar-refractivity contribution in [1.82, 2.24) is 9.55 Å². The molecule has 0 bridgehead atoms. The van der Waals surface area contributed by atoms with Crippen LogP contribution in [-0.4, -0.2) is 41.1 Å². The Balaban J connectivity index is 1.70. The smallest absolute Gasteiger partial charge is 0.412 e. The van der Waals surface area contributed by atoms with E-state index < -0.39 is 11.7 Å². The van der Waals surface area contributed by atoms with Gasteiger partial charge >= 0.3 is 6.09 Å². The summed E-state index contributed by atoms with van der Waals surface area (Å²) < 4.78 is 7.13. The van der Waals surface area contributed by atoms with Crippen LogP contribution in [0.1, 0.15) is 43.4 Å². The first-order chi connectivity index (χ1) is 15.1. The maximum atomic E-state index is 13.0. The van der Waals surface area contributed by atoms with E-state index >= 15 is 0 Å². The Kier molecular flexibility index (Phi) is 6.98. The Hall–Kier alpha value is -3.61. The van der Waals surface area contributed by atoms with Crippen LogP contribution in [0, 0.1) is 0 Å². The summed E-state index contributed by atoms with van der Waals surface area (Å²) >= 11 is 0. The van der Waals surface area contributed by atoms with Gasteiger partial charge in [-0.2, -0.15) is 0 Å². The van der Waals surface area contributed by atoms with Crippen LogP contribution in [-0.2, 0) is 11.2 Å². The van der Waals surface area contributed by atoms with Crippen LogP contribution in [0.2, 0.25) is 0 Å². The van der Waals surface area contributed by atoms with Gasteiger partial charge in [-0.05, 0) is 63.1 Å². The fourth-order valence-electron chi connectivity index (χ4n) is 3.26. The molecule has 0 aliphatic heterocycles. The highest BCUT2D eigenvalue weighted by Crippen LogP contribution is 2.21. The minimum absolute atomic E-state index is 0.0706. The van der Waals surface area contributed by atoms with Crippen molar-refractivity contribution in [2.45, 2.75) is 39.2 Å². The lowest BCUT2D eigenvalue weighted by Crippen LogP contribution is -2.27. The van der Waals surface area contributed by atoms with Gasteiger partial charge in [-0.15, -0.1) is 0 Å². The average molecular weight is 435 g/mol. The summed E-state index contributed by atoms with van der Waals surface area (Å²) in [4.78, 5) is 31.4. The van der Waals surface area contributed by atoms with E-state index in [0.29, 0.717) is 17.9 Å². The van der Waals surface area contributed by atoms with E-state index in [4.69, 9.17) is 4.74 Å². The number of amides is 1. The molecule has 0 atom stereocenters. The van der Waals surface area contributed by atoms with Gasteiger partial charge in [-0.1, -0.05) is 18.2 Å². The zero-order valence-electron chi connectivity index (χ0n) is 19.3. The Morgan fingerprint density at radius 2 is 1.75 bits per heavy atom. The molecule has 3 aromatic rings. The molecule has 1 N–H and O–H groups in total. The summed E-state index contributed by atoms with van der Waals surface area (Å²) in [5.41, 5.74) is 2.87. The molecule has 0 radical (unpaired) electrons. The highest BCUT2D eigenvalue weighted by Gasteiger charge is 2.18. The molecule has 2 aromatic carbocycles. The van der Waals surface area contributed by atoms with Crippen molar-refractivity contribution in [2.24, 2.45) is 0 Å². The maximum Gasteiger partial charge on any atom is 0.412 e. The summed E-state index contributed by atoms with van der Waals surface area (Å²) in [6.07, 6.45) is 3.63. The molecule has 0 aliphatic rings. The first-order valence-corrected chi connectivity index (χ1v) is 10.6. The number of benzene rings is 2. The molecule has 168 valence electrons. The molecular formula is C25H30N4O3. The molecule has 0 fully saturated rings. The van der Waals surface area contributed by atoms with Gasteiger partial charge in [0.05, 0.1) is 0 Å². The number of aryl methyl sites for hydroxylation is 1. The van der Waals surface area contributed by atoms with E-state index in [9.17, 15) is 9.59 Å². The summed E-state index contributed by atoms with van der Waals surface area (Å²) in [5, 5.41) is 2.78. The van der Waals surface area contributed by atoms with Crippen molar-refractivity contribution < 1.29 is 14.3 Å². The topological polar surface area (TPSA) is 76.5 Å². The number of hydrogen-bond donors (Lipinski definition) is 1. The minimum Gasteiger partial charge on any atom is -0.444 e. The highest BCUT2D eigenvalue weighted by molar-refractivity contribution is 5.94. The molecular weight excluding hydrogens is 404 g/mol. The van der Waals surface area contributed by atoms with Crippen LogP contribution < -0.4 is 10.2 Å². The number of imidazole rings is 1. The number of nitrogens with one attached hydrogen (secondary N) is 1. The molecule has 0 spiro atoms. The SMILES string of the molecule is CN(C)c1ccc(-n2ccnc2C(=O)CCc2ccccc2NC(=O)OC(C)(C)C)cc1. The van der Waals surface area contributed by atoms with Gasteiger partial charge in [0.2, 0.25) is 0 Å². The largest absolute Gasteiger partial charge is 0.444 e. The van der Waals surface area contributed by atoms with E-state index in [0.717, 1.165) is 16.9 Å². The number of rotatable bonds is 7. The van der Waals surface area contributed by atoms with Crippen LogP contribution in [0.25, 0.3) is 5.69 Å². The van der Waals surface area contributed by atoms with Crippen LogP contribution in [0.5, 0.6) is 0 Å². The van der Waals surface area contributed by atoms with E-state index in [-0.39, 0.29) is 12.2 Å². The van der Waals surface area contributed by atoms with Crippen molar-refractivity contribution in [3.05, 3.63) is 72.3 Å². The van der Waals surface area contributed by atoms with Crippen LogP contribution in [0.4, 0.5) is 16.2 Å². The number of ketones is 1. The Morgan fingerprint density at radius 3 is 2.41 bits per heavy atom. The number of Topliss-reactive ketones (excluding diaryl/α,β-unsaturated/α-hetero) is 1. The number of para-hydroxylation sites is 1. The summed E-state index contributed by atoms with van der Waals surface area (Å²) in [6.45, 7) is 5.44. The molecule has 0 saturated carbocycles. The second-order valence-corrected chi connectivity index (χ2v) is 8.74. The fraction of sp³-hybridized carbons (Fsp3) is 0.320. The van der Waals surface area contributed by atoms with E-state index in [1.807, 2.05) is 82.2 Å². The number of carbonyl (C=O) groups is 2. The minimum atomic E-state index is -0.586. The normalized spacial score (nSPS) is 11.2. The first kappa shape index (κ1) is 23.1. The van der Waals surface area contributed by atoms with Gasteiger partial charge in [0.1, 0.15) is 5.60 Å². The number of nitrogens with zero attached hydrogens (tertiary/aromatic N) is 3. The number of aromatic nitrogens is 2. The monoisotopic (exact) mass is 434 g/mol. The van der Waals surface area contributed by atoms with Crippen LogP contribution >= 0.6 is 0 Å². The van der Waals surface area contributed by atoms with E-state index in [1.165, 1.54) is 0 Å². The lowest BCUT2D eigenvalue weighted by Gasteiger charge is -2.20. The number of anilines is 2. The summed E-state index contributed by atoms with van der Waals surface area (Å²) in [6, 6.07) is 15.4. The highest BCUT2D eigenvalue weighted by atomic mass is 16.6. The number of ether oxygens (including phenoxy) is 1. The lowest BCUT2D eigenvalue weighted by molar-refractivity contribution is 0.0635. The average Bonchev–Trinajstić information content (AvgIpc) is 3.21. The molecule has 32 heavy (non-hydrogen) atoms. The van der Waals surface area contributed by atoms with Crippen molar-refractivity contribution in [3.8, 4) is 5.69 Å². The van der Waals surface area contributed by atoms with E-state index in [2.05, 4.69) is 10.3 Å². The molecule has 1 amide bonds. The number of hydrogen-bond acceptors (Lipinski definition) is 5. The molecule has 3 rings (SSSR count). The maximum absolute atomic E-state index is 13.0. The molecule has 0 saturated heterocycles. The van der Waals surface area contributed by atoms with Gasteiger partial charge in [0, 0.05) is 50.0 Å². The zero-order chi connectivity index (χ0) is 23.3. The molecule has 1 heterocycles. The van der Waals surface area contributed by atoms with Crippen molar-refractivity contribution in [3.63, 3.8) is 0 Å². The predicted octanol–water partition coefficient (Wildman–Crippen LogP) is 5.10.